The van der Waals surface area contributed by atoms with Crippen LogP contribution in [0.3, 0.4) is 0 Å². The molecule has 3 heteroatoms. The summed E-state index contributed by atoms with van der Waals surface area (Å²) >= 11 is 0. The zero-order valence-corrected chi connectivity index (χ0v) is 10.7. The van der Waals surface area contributed by atoms with Crippen LogP contribution in [-0.2, 0) is 0 Å². The van der Waals surface area contributed by atoms with Gasteiger partial charge >= 0.3 is 0 Å². The SMILES string of the molecule is CC.CC(C)(C)O.CCCCCNO. The first kappa shape index (κ1) is 19.5. The van der Waals surface area contributed by atoms with Crippen LogP contribution in [0.2, 0.25) is 0 Å². The van der Waals surface area contributed by atoms with Crippen LogP contribution in [0.4, 0.5) is 0 Å². The average molecular weight is 207 g/mol. The van der Waals surface area contributed by atoms with Crippen molar-refractivity contribution in [3.63, 3.8) is 0 Å². The summed E-state index contributed by atoms with van der Waals surface area (Å²) < 4.78 is 0. The predicted octanol–water partition coefficient (Wildman–Crippen LogP) is 2.96. The third-order valence-electron chi connectivity index (χ3n) is 0.892. The van der Waals surface area contributed by atoms with E-state index in [1.54, 1.807) is 20.8 Å². The Bertz CT molecular complexity index is 69.8. The first-order valence-electron chi connectivity index (χ1n) is 5.51. The van der Waals surface area contributed by atoms with Crippen LogP contribution in [0.1, 0.15) is 60.8 Å². The number of hydrogen-bond donors (Lipinski definition) is 3. The zero-order chi connectivity index (χ0) is 12.0. The maximum atomic E-state index is 8.52. The standard InChI is InChI=1S/C5H13NO.C4H10O.C2H6/c1-2-3-4-5-6-7;1-4(2,3)5;1-2/h6-7H,2-5H2,1H3;5H,1-3H3;1-2H3. The van der Waals surface area contributed by atoms with Crippen LogP contribution < -0.4 is 5.48 Å². The number of unbranched alkanes of at least 4 members (excludes halogenated alkanes) is 2. The lowest BCUT2D eigenvalue weighted by Gasteiger charge is -2.04. The van der Waals surface area contributed by atoms with Gasteiger partial charge in [0, 0.05) is 6.54 Å². The van der Waals surface area contributed by atoms with Gasteiger partial charge in [0.15, 0.2) is 0 Å². The van der Waals surface area contributed by atoms with Crippen LogP contribution in [0.5, 0.6) is 0 Å². The maximum absolute atomic E-state index is 8.52. The first-order chi connectivity index (χ1) is 6.41. The minimum atomic E-state index is -0.500. The molecule has 0 fully saturated rings. The summed E-state index contributed by atoms with van der Waals surface area (Å²) in [4.78, 5) is 0. The second kappa shape index (κ2) is 15.4. The summed E-state index contributed by atoms with van der Waals surface area (Å²) in [5.41, 5.74) is 1.60. The van der Waals surface area contributed by atoms with E-state index in [2.05, 4.69) is 12.4 Å². The van der Waals surface area contributed by atoms with Crippen molar-refractivity contribution in [3.05, 3.63) is 0 Å². The van der Waals surface area contributed by atoms with E-state index in [-0.39, 0.29) is 0 Å². The highest BCUT2D eigenvalue weighted by atomic mass is 16.5. The molecule has 0 bridgehead atoms. The van der Waals surface area contributed by atoms with Crippen molar-refractivity contribution >= 4 is 0 Å². The van der Waals surface area contributed by atoms with Crippen molar-refractivity contribution < 1.29 is 10.3 Å². The third kappa shape index (κ3) is 93.4. The van der Waals surface area contributed by atoms with Gasteiger partial charge in [-0.05, 0) is 27.2 Å². The Morgan fingerprint density at radius 3 is 1.64 bits per heavy atom. The number of hydrogen-bond acceptors (Lipinski definition) is 3. The topological polar surface area (TPSA) is 52.5 Å². The van der Waals surface area contributed by atoms with Gasteiger partial charge in [0.25, 0.3) is 0 Å². The molecule has 14 heavy (non-hydrogen) atoms. The Kier molecular flexibility index (Phi) is 21.3. The molecule has 0 aliphatic heterocycles. The van der Waals surface area contributed by atoms with Crippen LogP contribution >= 0.6 is 0 Å². The third-order valence-corrected chi connectivity index (χ3v) is 0.892. The van der Waals surface area contributed by atoms with E-state index in [1.807, 2.05) is 13.8 Å². The van der Waals surface area contributed by atoms with Crippen molar-refractivity contribution in [2.75, 3.05) is 6.54 Å². The minimum absolute atomic E-state index is 0.500. The summed E-state index contributed by atoms with van der Waals surface area (Å²) in [5, 5.41) is 16.6. The Morgan fingerprint density at radius 1 is 1.07 bits per heavy atom. The monoisotopic (exact) mass is 207 g/mol. The minimum Gasteiger partial charge on any atom is -0.391 e. The second-order valence-electron chi connectivity index (χ2n) is 3.79. The van der Waals surface area contributed by atoms with E-state index in [0.29, 0.717) is 0 Å². The van der Waals surface area contributed by atoms with E-state index >= 15 is 0 Å². The lowest BCUT2D eigenvalue weighted by atomic mass is 10.2. The van der Waals surface area contributed by atoms with E-state index < -0.39 is 5.60 Å². The highest BCUT2D eigenvalue weighted by molar-refractivity contribution is 4.50. The lowest BCUT2D eigenvalue weighted by Crippen LogP contribution is -2.10. The van der Waals surface area contributed by atoms with Crippen molar-refractivity contribution in [2.45, 2.75) is 66.4 Å². The van der Waals surface area contributed by atoms with Gasteiger partial charge < -0.3 is 10.3 Å². The molecule has 0 saturated heterocycles. The molecule has 0 amide bonds. The Hall–Kier alpha value is -0.120. The van der Waals surface area contributed by atoms with Crippen LogP contribution in [0.25, 0.3) is 0 Å². The zero-order valence-electron chi connectivity index (χ0n) is 10.7. The van der Waals surface area contributed by atoms with Gasteiger partial charge in [-0.1, -0.05) is 33.6 Å². The van der Waals surface area contributed by atoms with Crippen molar-refractivity contribution in [1.82, 2.24) is 5.48 Å². The molecule has 0 saturated carbocycles. The van der Waals surface area contributed by atoms with Crippen molar-refractivity contribution in [2.24, 2.45) is 0 Å². The smallest absolute Gasteiger partial charge is 0.0563 e. The average Bonchev–Trinajstić information content (AvgIpc) is 2.06. The summed E-state index contributed by atoms with van der Waals surface area (Å²) in [5.74, 6) is 0. The Labute approximate surface area is 89.5 Å². The fraction of sp³-hybridized carbons (Fsp3) is 1.00. The maximum Gasteiger partial charge on any atom is 0.0563 e. The molecule has 0 spiro atoms. The molecule has 90 valence electrons. The number of aliphatic hydroxyl groups is 1. The Morgan fingerprint density at radius 2 is 1.43 bits per heavy atom. The molecule has 0 aromatic heterocycles. The Balaban J connectivity index is -0.000000152. The summed E-state index contributed by atoms with van der Waals surface area (Å²) in [6.45, 7) is 12.1. The molecule has 0 atom stereocenters. The van der Waals surface area contributed by atoms with Gasteiger partial charge in [0.1, 0.15) is 0 Å². The van der Waals surface area contributed by atoms with E-state index in [1.165, 1.54) is 12.8 Å². The summed E-state index contributed by atoms with van der Waals surface area (Å²) in [7, 11) is 0. The summed E-state index contributed by atoms with van der Waals surface area (Å²) in [6.07, 6.45) is 3.49. The number of hydroxylamine groups is 1. The second-order valence-corrected chi connectivity index (χ2v) is 3.79. The van der Waals surface area contributed by atoms with Gasteiger partial charge in [-0.25, -0.2) is 5.48 Å². The lowest BCUT2D eigenvalue weighted by molar-refractivity contribution is 0.102. The van der Waals surface area contributed by atoms with E-state index in [9.17, 15) is 0 Å². The largest absolute Gasteiger partial charge is 0.391 e. The van der Waals surface area contributed by atoms with Crippen molar-refractivity contribution in [1.29, 1.82) is 0 Å². The van der Waals surface area contributed by atoms with Gasteiger partial charge in [0.2, 0.25) is 0 Å². The predicted molar refractivity (Wildman–Crippen MR) is 62.6 cm³/mol. The molecule has 0 radical (unpaired) electrons. The van der Waals surface area contributed by atoms with Gasteiger partial charge in [0.05, 0.1) is 5.60 Å². The highest BCUT2D eigenvalue weighted by Gasteiger charge is 1.97. The number of nitrogens with one attached hydrogen (secondary N) is 1. The molecule has 0 aromatic rings. The highest BCUT2D eigenvalue weighted by Crippen LogP contribution is 1.93. The molecule has 0 aliphatic carbocycles. The van der Waals surface area contributed by atoms with Crippen molar-refractivity contribution in [3.8, 4) is 0 Å². The molecular weight excluding hydrogens is 178 g/mol. The van der Waals surface area contributed by atoms with Gasteiger partial charge in [-0.3, -0.25) is 0 Å². The normalized spacial score (nSPS) is 9.43. The van der Waals surface area contributed by atoms with Crippen LogP contribution in [0.15, 0.2) is 0 Å². The van der Waals surface area contributed by atoms with Crippen LogP contribution in [0, 0.1) is 0 Å². The molecular formula is C11H29NO2. The molecule has 0 unspecified atom stereocenters. The fourth-order valence-electron chi connectivity index (χ4n) is 0.454. The summed E-state index contributed by atoms with van der Waals surface area (Å²) in [6, 6.07) is 0. The number of rotatable bonds is 4. The molecule has 0 heterocycles. The van der Waals surface area contributed by atoms with Gasteiger partial charge in [-0.2, -0.15) is 0 Å². The molecule has 0 aromatic carbocycles. The molecule has 3 N–H and O–H groups in total. The van der Waals surface area contributed by atoms with E-state index in [4.69, 9.17) is 10.3 Å². The van der Waals surface area contributed by atoms with E-state index in [0.717, 1.165) is 13.0 Å². The van der Waals surface area contributed by atoms with Gasteiger partial charge in [-0.15, -0.1) is 0 Å². The van der Waals surface area contributed by atoms with Crippen LogP contribution in [-0.4, -0.2) is 22.5 Å². The first-order valence-corrected chi connectivity index (χ1v) is 5.51. The quantitative estimate of drug-likeness (QED) is 0.491. The molecule has 0 rings (SSSR count). The molecule has 0 aliphatic rings. The fourth-order valence-corrected chi connectivity index (χ4v) is 0.454. The molecule has 3 nitrogen and oxygen atoms in total.